The highest BCUT2D eigenvalue weighted by Crippen LogP contribution is 2.30. The maximum absolute atomic E-state index is 9.00. The molecule has 2 rings (SSSR count). The fourth-order valence-corrected chi connectivity index (χ4v) is 2.51. The van der Waals surface area contributed by atoms with Crippen molar-refractivity contribution in [2.24, 2.45) is 0 Å². The number of thiazole rings is 1. The Kier molecular flexibility index (Phi) is 2.90. The van der Waals surface area contributed by atoms with Gasteiger partial charge in [-0.2, -0.15) is 0 Å². The average Bonchev–Trinajstić information content (AvgIpc) is 2.61. The second-order valence-corrected chi connectivity index (χ2v) is 4.47. The first-order valence-corrected chi connectivity index (χ1v) is 5.58. The van der Waals surface area contributed by atoms with E-state index in [0.29, 0.717) is 4.60 Å². The molecular weight excluding hydrogens is 264 g/mol. The van der Waals surface area contributed by atoms with Crippen molar-refractivity contribution in [3.8, 4) is 10.6 Å². The first kappa shape index (κ1) is 9.76. The van der Waals surface area contributed by atoms with Gasteiger partial charge in [-0.05, 0) is 28.1 Å². The zero-order chi connectivity index (χ0) is 9.97. The molecule has 0 aliphatic carbocycles. The van der Waals surface area contributed by atoms with E-state index in [-0.39, 0.29) is 6.61 Å². The van der Waals surface area contributed by atoms with Crippen molar-refractivity contribution in [1.29, 1.82) is 0 Å². The molecule has 0 aliphatic rings. The van der Waals surface area contributed by atoms with Crippen LogP contribution in [0.25, 0.3) is 10.6 Å². The number of nitrogens with zero attached hydrogens (tertiary/aromatic N) is 2. The van der Waals surface area contributed by atoms with Gasteiger partial charge in [-0.1, -0.05) is 0 Å². The first-order valence-electron chi connectivity index (χ1n) is 3.97. The third-order valence-electron chi connectivity index (χ3n) is 1.70. The Balaban J connectivity index is 2.43. The number of hydrogen-bond donors (Lipinski definition) is 1. The number of halogens is 1. The lowest BCUT2D eigenvalue weighted by Crippen LogP contribution is -1.77. The molecule has 0 radical (unpaired) electrons. The van der Waals surface area contributed by atoms with Crippen molar-refractivity contribution < 1.29 is 5.11 Å². The summed E-state index contributed by atoms with van der Waals surface area (Å²) in [6.45, 7) is 0.0124. The first-order chi connectivity index (χ1) is 6.81. The van der Waals surface area contributed by atoms with Gasteiger partial charge in [0.2, 0.25) is 0 Å². The van der Waals surface area contributed by atoms with Gasteiger partial charge in [-0.25, -0.2) is 4.98 Å². The zero-order valence-corrected chi connectivity index (χ0v) is 9.55. The van der Waals surface area contributed by atoms with E-state index in [1.165, 1.54) is 11.3 Å². The Bertz CT molecular complexity index is 430. The molecule has 0 unspecified atom stereocenters. The van der Waals surface area contributed by atoms with E-state index in [2.05, 4.69) is 25.9 Å². The van der Waals surface area contributed by atoms with Crippen LogP contribution in [0.15, 0.2) is 29.1 Å². The monoisotopic (exact) mass is 270 g/mol. The SMILES string of the molecule is OCc1sc(-c2cccnc2)nc1Br. The van der Waals surface area contributed by atoms with Gasteiger partial charge in [-0.15, -0.1) is 11.3 Å². The molecule has 14 heavy (non-hydrogen) atoms. The van der Waals surface area contributed by atoms with Crippen LogP contribution in [-0.2, 0) is 6.61 Å². The number of pyridine rings is 1. The minimum Gasteiger partial charge on any atom is -0.391 e. The van der Waals surface area contributed by atoms with Crippen LogP contribution >= 0.6 is 27.3 Å². The van der Waals surface area contributed by atoms with Gasteiger partial charge in [0.05, 0.1) is 11.5 Å². The molecule has 1 N–H and O–H groups in total. The zero-order valence-electron chi connectivity index (χ0n) is 7.14. The smallest absolute Gasteiger partial charge is 0.126 e. The van der Waals surface area contributed by atoms with Crippen LogP contribution < -0.4 is 0 Å². The van der Waals surface area contributed by atoms with Crippen molar-refractivity contribution >= 4 is 27.3 Å². The predicted octanol–water partition coefficient (Wildman–Crippen LogP) is 2.46. The van der Waals surface area contributed by atoms with Gasteiger partial charge in [0.25, 0.3) is 0 Å². The Hall–Kier alpha value is -0.780. The molecule has 0 aromatic carbocycles. The average molecular weight is 271 g/mol. The number of aliphatic hydroxyl groups is 1. The third-order valence-corrected chi connectivity index (χ3v) is 3.71. The Morgan fingerprint density at radius 3 is 2.93 bits per heavy atom. The molecule has 0 saturated carbocycles. The topological polar surface area (TPSA) is 46.0 Å². The highest BCUT2D eigenvalue weighted by atomic mass is 79.9. The molecule has 0 atom stereocenters. The summed E-state index contributed by atoms with van der Waals surface area (Å²) in [5.41, 5.74) is 0.970. The summed E-state index contributed by atoms with van der Waals surface area (Å²) >= 11 is 4.76. The molecule has 72 valence electrons. The van der Waals surface area contributed by atoms with Gasteiger partial charge in [0.1, 0.15) is 9.61 Å². The minimum atomic E-state index is 0.0124. The largest absolute Gasteiger partial charge is 0.391 e. The molecule has 0 fully saturated rings. The second-order valence-electron chi connectivity index (χ2n) is 2.63. The maximum atomic E-state index is 9.00. The van der Waals surface area contributed by atoms with Crippen LogP contribution in [0.3, 0.4) is 0 Å². The Morgan fingerprint density at radius 2 is 2.36 bits per heavy atom. The quantitative estimate of drug-likeness (QED) is 0.912. The summed E-state index contributed by atoms with van der Waals surface area (Å²) in [5.74, 6) is 0. The molecular formula is C9H7BrN2OS. The fraction of sp³-hybridized carbons (Fsp3) is 0.111. The van der Waals surface area contributed by atoms with E-state index in [9.17, 15) is 0 Å². The van der Waals surface area contributed by atoms with E-state index < -0.39 is 0 Å². The molecule has 0 aliphatic heterocycles. The van der Waals surface area contributed by atoms with E-state index in [1.54, 1.807) is 12.4 Å². The van der Waals surface area contributed by atoms with Gasteiger partial charge < -0.3 is 5.11 Å². The van der Waals surface area contributed by atoms with Gasteiger partial charge in [0.15, 0.2) is 0 Å². The molecule has 0 amide bonds. The molecule has 0 saturated heterocycles. The van der Waals surface area contributed by atoms with Crippen molar-refractivity contribution in [1.82, 2.24) is 9.97 Å². The van der Waals surface area contributed by atoms with E-state index in [0.717, 1.165) is 15.4 Å². The Labute approximate surface area is 93.6 Å². The van der Waals surface area contributed by atoms with E-state index >= 15 is 0 Å². The maximum Gasteiger partial charge on any atom is 0.126 e. The molecule has 2 aromatic heterocycles. The van der Waals surface area contributed by atoms with Crippen LogP contribution in [0.1, 0.15) is 4.88 Å². The van der Waals surface area contributed by atoms with Crippen LogP contribution in [0.4, 0.5) is 0 Å². The van der Waals surface area contributed by atoms with Crippen molar-refractivity contribution in [2.45, 2.75) is 6.61 Å². The minimum absolute atomic E-state index is 0.0124. The van der Waals surface area contributed by atoms with Crippen LogP contribution in [-0.4, -0.2) is 15.1 Å². The highest BCUT2D eigenvalue weighted by Gasteiger charge is 2.09. The molecule has 0 spiro atoms. The standard InChI is InChI=1S/C9H7BrN2OS/c10-8-7(5-13)14-9(12-8)6-2-1-3-11-4-6/h1-4,13H,5H2. The van der Waals surface area contributed by atoms with Crippen LogP contribution in [0.5, 0.6) is 0 Å². The normalized spacial score (nSPS) is 10.4. The third kappa shape index (κ3) is 1.84. The predicted molar refractivity (Wildman–Crippen MR) is 59.0 cm³/mol. The number of hydrogen-bond acceptors (Lipinski definition) is 4. The van der Waals surface area contributed by atoms with E-state index in [1.807, 2.05) is 12.1 Å². The van der Waals surface area contributed by atoms with Gasteiger partial charge in [0, 0.05) is 18.0 Å². The number of aliphatic hydroxyl groups excluding tert-OH is 1. The van der Waals surface area contributed by atoms with E-state index in [4.69, 9.17) is 5.11 Å². The molecule has 2 aromatic rings. The molecule has 0 bridgehead atoms. The van der Waals surface area contributed by atoms with Crippen molar-refractivity contribution in [3.63, 3.8) is 0 Å². The van der Waals surface area contributed by atoms with Gasteiger partial charge in [-0.3, -0.25) is 4.98 Å². The Morgan fingerprint density at radius 1 is 1.50 bits per heavy atom. The second kappa shape index (κ2) is 4.16. The molecule has 3 nitrogen and oxygen atoms in total. The summed E-state index contributed by atoms with van der Waals surface area (Å²) in [4.78, 5) is 9.14. The summed E-state index contributed by atoms with van der Waals surface area (Å²) in [7, 11) is 0. The lowest BCUT2D eigenvalue weighted by molar-refractivity contribution is 0.284. The number of aromatic nitrogens is 2. The molecule has 5 heteroatoms. The number of rotatable bonds is 2. The highest BCUT2D eigenvalue weighted by molar-refractivity contribution is 9.10. The van der Waals surface area contributed by atoms with Crippen molar-refractivity contribution in [3.05, 3.63) is 34.0 Å². The fourth-order valence-electron chi connectivity index (χ4n) is 1.04. The summed E-state index contributed by atoms with van der Waals surface area (Å²) in [6.07, 6.45) is 3.48. The van der Waals surface area contributed by atoms with Crippen molar-refractivity contribution in [2.75, 3.05) is 0 Å². The van der Waals surface area contributed by atoms with Crippen LogP contribution in [0, 0.1) is 0 Å². The van der Waals surface area contributed by atoms with Crippen LogP contribution in [0.2, 0.25) is 0 Å². The molecule has 2 heterocycles. The summed E-state index contributed by atoms with van der Waals surface area (Å²) < 4.78 is 0.712. The lowest BCUT2D eigenvalue weighted by atomic mass is 10.3. The van der Waals surface area contributed by atoms with Gasteiger partial charge >= 0.3 is 0 Å². The summed E-state index contributed by atoms with van der Waals surface area (Å²) in [6, 6.07) is 3.81. The lowest BCUT2D eigenvalue weighted by Gasteiger charge is -1.91. The summed E-state index contributed by atoms with van der Waals surface area (Å²) in [5, 5.41) is 9.87.